The molecule has 0 saturated carbocycles. The van der Waals surface area contributed by atoms with Gasteiger partial charge < -0.3 is 4.90 Å². The van der Waals surface area contributed by atoms with Crippen molar-refractivity contribution >= 4 is 5.91 Å². The maximum Gasteiger partial charge on any atom is 0.225 e. The molecule has 1 amide bonds. The Balaban J connectivity index is 4.20. The molecule has 0 aromatic carbocycles. The first-order chi connectivity index (χ1) is 7.21. The summed E-state index contributed by atoms with van der Waals surface area (Å²) in [6.07, 6.45) is 5.46. The fourth-order valence-electron chi connectivity index (χ4n) is 1.91. The van der Waals surface area contributed by atoms with Crippen LogP contribution in [0.15, 0.2) is 0 Å². The molecule has 15 heavy (non-hydrogen) atoms. The fourth-order valence-corrected chi connectivity index (χ4v) is 1.91. The van der Waals surface area contributed by atoms with Crippen molar-refractivity contribution in [2.24, 2.45) is 5.92 Å². The number of carbonyl (C=O) groups is 1. The fraction of sp³-hybridized carbons (Fsp3) is 0.923. The molecule has 0 N–H and O–H groups in total. The van der Waals surface area contributed by atoms with E-state index >= 15 is 0 Å². The van der Waals surface area contributed by atoms with Crippen LogP contribution in [-0.4, -0.2) is 23.9 Å². The zero-order valence-electron chi connectivity index (χ0n) is 10.9. The lowest BCUT2D eigenvalue weighted by molar-refractivity contribution is -0.135. The molecule has 1 unspecified atom stereocenters. The lowest BCUT2D eigenvalue weighted by Crippen LogP contribution is -2.36. The minimum Gasteiger partial charge on any atom is -0.343 e. The summed E-state index contributed by atoms with van der Waals surface area (Å²) in [7, 11) is 0. The highest BCUT2D eigenvalue weighted by Crippen LogP contribution is 2.16. The Morgan fingerprint density at radius 2 is 1.80 bits per heavy atom. The van der Waals surface area contributed by atoms with E-state index in [0.717, 1.165) is 32.4 Å². The van der Waals surface area contributed by atoms with Crippen LogP contribution in [0, 0.1) is 5.92 Å². The van der Waals surface area contributed by atoms with Gasteiger partial charge in [0.2, 0.25) is 5.91 Å². The highest BCUT2D eigenvalue weighted by molar-refractivity contribution is 5.78. The van der Waals surface area contributed by atoms with Crippen LogP contribution in [0.1, 0.15) is 59.8 Å². The standard InChI is InChI=1S/C13H27NO/c1-5-9-10-12(7-3)13(15)14(8-4)11-6-2/h12H,5-11H2,1-4H3. The normalized spacial score (nSPS) is 12.5. The molecule has 0 saturated heterocycles. The number of unbranched alkanes of at least 4 members (excludes halogenated alkanes) is 1. The van der Waals surface area contributed by atoms with Crippen molar-refractivity contribution in [2.75, 3.05) is 13.1 Å². The Morgan fingerprint density at radius 3 is 2.20 bits per heavy atom. The van der Waals surface area contributed by atoms with Crippen molar-refractivity contribution in [2.45, 2.75) is 59.8 Å². The summed E-state index contributed by atoms with van der Waals surface area (Å²) in [5, 5.41) is 0. The van der Waals surface area contributed by atoms with Crippen molar-refractivity contribution < 1.29 is 4.79 Å². The quantitative estimate of drug-likeness (QED) is 0.604. The third-order valence-corrected chi connectivity index (χ3v) is 2.94. The third kappa shape index (κ3) is 5.19. The maximum absolute atomic E-state index is 12.1. The van der Waals surface area contributed by atoms with Crippen molar-refractivity contribution in [3.05, 3.63) is 0 Å². The van der Waals surface area contributed by atoms with Crippen molar-refractivity contribution in [3.63, 3.8) is 0 Å². The zero-order chi connectivity index (χ0) is 11.7. The van der Waals surface area contributed by atoms with Gasteiger partial charge in [0.15, 0.2) is 0 Å². The first-order valence-electron chi connectivity index (χ1n) is 6.49. The Hall–Kier alpha value is -0.530. The summed E-state index contributed by atoms with van der Waals surface area (Å²) in [6.45, 7) is 10.3. The van der Waals surface area contributed by atoms with Crippen LogP contribution < -0.4 is 0 Å². The van der Waals surface area contributed by atoms with Gasteiger partial charge in [0, 0.05) is 19.0 Å². The Bertz CT molecular complexity index is 168. The van der Waals surface area contributed by atoms with E-state index in [4.69, 9.17) is 0 Å². The second-order valence-electron chi connectivity index (χ2n) is 4.17. The maximum atomic E-state index is 12.1. The minimum absolute atomic E-state index is 0.261. The van der Waals surface area contributed by atoms with E-state index in [-0.39, 0.29) is 5.92 Å². The number of amides is 1. The SMILES string of the molecule is CCCCC(CC)C(=O)N(CC)CCC. The largest absolute Gasteiger partial charge is 0.343 e. The molecule has 0 fully saturated rings. The summed E-state index contributed by atoms with van der Waals surface area (Å²) in [6, 6.07) is 0. The van der Waals surface area contributed by atoms with Crippen LogP contribution in [0.5, 0.6) is 0 Å². The topological polar surface area (TPSA) is 20.3 Å². The average molecular weight is 213 g/mol. The minimum atomic E-state index is 0.261. The van der Waals surface area contributed by atoms with Gasteiger partial charge in [0.25, 0.3) is 0 Å². The van der Waals surface area contributed by atoms with E-state index in [1.165, 1.54) is 12.8 Å². The molecule has 0 spiro atoms. The van der Waals surface area contributed by atoms with Gasteiger partial charge >= 0.3 is 0 Å². The number of hydrogen-bond donors (Lipinski definition) is 0. The molecule has 0 rings (SSSR count). The van der Waals surface area contributed by atoms with Gasteiger partial charge in [-0.3, -0.25) is 4.79 Å². The van der Waals surface area contributed by atoms with Crippen LogP contribution in [0.25, 0.3) is 0 Å². The van der Waals surface area contributed by atoms with Gasteiger partial charge in [-0.2, -0.15) is 0 Å². The van der Waals surface area contributed by atoms with Gasteiger partial charge in [-0.05, 0) is 26.2 Å². The summed E-state index contributed by atoms with van der Waals surface area (Å²) >= 11 is 0. The van der Waals surface area contributed by atoms with Gasteiger partial charge in [0.1, 0.15) is 0 Å². The van der Waals surface area contributed by atoms with Crippen molar-refractivity contribution in [1.82, 2.24) is 4.90 Å². The van der Waals surface area contributed by atoms with E-state index in [1.807, 2.05) is 4.90 Å². The first kappa shape index (κ1) is 14.5. The molecule has 90 valence electrons. The number of hydrogen-bond acceptors (Lipinski definition) is 1. The van der Waals surface area contributed by atoms with Crippen LogP contribution >= 0.6 is 0 Å². The first-order valence-corrected chi connectivity index (χ1v) is 6.49. The highest BCUT2D eigenvalue weighted by Gasteiger charge is 2.20. The summed E-state index contributed by atoms with van der Waals surface area (Å²) in [5.74, 6) is 0.631. The predicted molar refractivity (Wildman–Crippen MR) is 65.9 cm³/mol. The number of carbonyl (C=O) groups excluding carboxylic acids is 1. The lowest BCUT2D eigenvalue weighted by Gasteiger charge is -2.25. The molecule has 2 heteroatoms. The van der Waals surface area contributed by atoms with Gasteiger partial charge in [-0.25, -0.2) is 0 Å². The van der Waals surface area contributed by atoms with Crippen LogP contribution in [0.2, 0.25) is 0 Å². The number of rotatable bonds is 8. The van der Waals surface area contributed by atoms with Crippen LogP contribution in [0.3, 0.4) is 0 Å². The molecule has 0 aliphatic rings. The Kier molecular flexibility index (Phi) is 8.44. The van der Waals surface area contributed by atoms with Gasteiger partial charge in [-0.15, -0.1) is 0 Å². The Labute approximate surface area is 95.0 Å². The molecular formula is C13H27NO. The van der Waals surface area contributed by atoms with E-state index in [9.17, 15) is 4.79 Å². The summed E-state index contributed by atoms with van der Waals surface area (Å²) in [5.41, 5.74) is 0. The van der Waals surface area contributed by atoms with E-state index < -0.39 is 0 Å². The Morgan fingerprint density at radius 1 is 1.13 bits per heavy atom. The lowest BCUT2D eigenvalue weighted by atomic mass is 9.97. The van der Waals surface area contributed by atoms with E-state index in [1.54, 1.807) is 0 Å². The molecular weight excluding hydrogens is 186 g/mol. The molecule has 0 radical (unpaired) electrons. The molecule has 1 atom stereocenters. The van der Waals surface area contributed by atoms with Crippen molar-refractivity contribution in [1.29, 1.82) is 0 Å². The number of nitrogens with zero attached hydrogens (tertiary/aromatic N) is 1. The smallest absolute Gasteiger partial charge is 0.225 e. The molecule has 0 aliphatic heterocycles. The van der Waals surface area contributed by atoms with E-state index in [2.05, 4.69) is 27.7 Å². The van der Waals surface area contributed by atoms with Crippen LogP contribution in [0.4, 0.5) is 0 Å². The second kappa shape index (κ2) is 8.75. The second-order valence-corrected chi connectivity index (χ2v) is 4.17. The average Bonchev–Trinajstić information content (AvgIpc) is 2.26. The van der Waals surface area contributed by atoms with Crippen molar-refractivity contribution in [3.8, 4) is 0 Å². The van der Waals surface area contributed by atoms with Crippen LogP contribution in [-0.2, 0) is 4.79 Å². The molecule has 0 heterocycles. The predicted octanol–water partition coefficient (Wildman–Crippen LogP) is 3.46. The van der Waals surface area contributed by atoms with E-state index in [0.29, 0.717) is 5.91 Å². The highest BCUT2D eigenvalue weighted by atomic mass is 16.2. The molecule has 0 aliphatic carbocycles. The molecule has 0 aromatic rings. The molecule has 0 aromatic heterocycles. The zero-order valence-corrected chi connectivity index (χ0v) is 10.9. The summed E-state index contributed by atoms with van der Waals surface area (Å²) < 4.78 is 0. The monoisotopic (exact) mass is 213 g/mol. The summed E-state index contributed by atoms with van der Waals surface area (Å²) in [4.78, 5) is 14.1. The molecule has 0 bridgehead atoms. The van der Waals surface area contributed by atoms with Gasteiger partial charge in [0.05, 0.1) is 0 Å². The van der Waals surface area contributed by atoms with Gasteiger partial charge in [-0.1, -0.05) is 33.6 Å². The molecule has 2 nitrogen and oxygen atoms in total. The third-order valence-electron chi connectivity index (χ3n) is 2.94.